The molecule has 34 heavy (non-hydrogen) atoms. The Kier molecular flexibility index (Phi) is 9.33. The lowest BCUT2D eigenvalue weighted by atomic mass is 9.93. The van der Waals surface area contributed by atoms with Gasteiger partial charge in [0.2, 0.25) is 0 Å². The van der Waals surface area contributed by atoms with E-state index >= 15 is 0 Å². The second-order valence-corrected chi connectivity index (χ2v) is 9.28. The highest BCUT2D eigenvalue weighted by atomic mass is 35.5. The molecule has 2 atom stereocenters. The summed E-state index contributed by atoms with van der Waals surface area (Å²) in [6.07, 6.45) is 6.63. The Labute approximate surface area is 211 Å². The number of piperidine rings is 1. The fourth-order valence-electron chi connectivity index (χ4n) is 4.28. The van der Waals surface area contributed by atoms with Gasteiger partial charge in [0.15, 0.2) is 5.78 Å². The Balaban J connectivity index is 0.00000324. The van der Waals surface area contributed by atoms with Crippen molar-refractivity contribution in [2.24, 2.45) is 5.92 Å². The number of hydrogen-bond donors (Lipinski definition) is 1. The van der Waals surface area contributed by atoms with Gasteiger partial charge in [-0.3, -0.25) is 19.2 Å². The number of rotatable bonds is 9. The zero-order valence-electron chi connectivity index (χ0n) is 19.2. The number of thiol groups is 1. The van der Waals surface area contributed by atoms with Crippen LogP contribution in [-0.4, -0.2) is 51.4 Å². The average Bonchev–Trinajstić information content (AvgIpc) is 3.56. The number of benzene rings is 1. The number of halogens is 2. The molecule has 1 aliphatic carbocycles. The van der Waals surface area contributed by atoms with Gasteiger partial charge in [-0.15, -0.1) is 12.4 Å². The molecule has 0 N–H and O–H groups in total. The number of aromatic nitrogens is 2. The largest absolute Gasteiger partial charge is 0.466 e. The van der Waals surface area contributed by atoms with E-state index in [0.29, 0.717) is 31.8 Å². The summed E-state index contributed by atoms with van der Waals surface area (Å²) >= 11 is 4.76. The Hall–Kier alpha value is -2.16. The van der Waals surface area contributed by atoms with Gasteiger partial charge in [-0.25, -0.2) is 4.39 Å². The van der Waals surface area contributed by atoms with Gasteiger partial charge in [-0.05, 0) is 50.0 Å². The van der Waals surface area contributed by atoms with E-state index in [1.54, 1.807) is 29.8 Å². The standard InChI is InChI=1S/C25H30FN3O3S.ClH/c1-2-32-23(30)11-14-29-13-9-19(27-29)15-18-16-28(12-10-22(18)33)24(25(31)17-7-8-17)20-5-3-4-6-21(20)26;/h3-6,9,13,15,17,22,24,33H,2,7-8,10-12,14,16H2,1H3;1H. The molecule has 0 spiro atoms. The molecule has 0 bridgehead atoms. The van der Waals surface area contributed by atoms with Gasteiger partial charge in [-0.1, -0.05) is 18.2 Å². The third-order valence-corrected chi connectivity index (χ3v) is 6.75. The number of carbonyl (C=O) groups excluding carboxylic acids is 2. The molecule has 1 aromatic carbocycles. The minimum atomic E-state index is -0.579. The fourth-order valence-corrected chi connectivity index (χ4v) is 4.55. The van der Waals surface area contributed by atoms with Crippen LogP contribution >= 0.6 is 25.0 Å². The fraction of sp³-hybridized carbons (Fsp3) is 0.480. The number of esters is 1. The highest BCUT2D eigenvalue weighted by Crippen LogP contribution is 2.39. The molecule has 1 aromatic heterocycles. The zero-order valence-corrected chi connectivity index (χ0v) is 20.9. The van der Waals surface area contributed by atoms with Crippen LogP contribution in [0.4, 0.5) is 4.39 Å². The maximum absolute atomic E-state index is 14.7. The van der Waals surface area contributed by atoms with Gasteiger partial charge in [0.05, 0.1) is 31.3 Å². The van der Waals surface area contributed by atoms with Crippen LogP contribution in [0.25, 0.3) is 6.08 Å². The summed E-state index contributed by atoms with van der Waals surface area (Å²) in [6, 6.07) is 7.90. The number of hydrogen-bond acceptors (Lipinski definition) is 6. The summed E-state index contributed by atoms with van der Waals surface area (Å²) in [5.41, 5.74) is 2.27. The lowest BCUT2D eigenvalue weighted by molar-refractivity contribution is -0.143. The number of aryl methyl sites for hydroxylation is 1. The van der Waals surface area contributed by atoms with Crippen molar-refractivity contribution >= 4 is 42.9 Å². The first-order valence-corrected chi connectivity index (χ1v) is 12.1. The Morgan fingerprint density at radius 1 is 1.26 bits per heavy atom. The monoisotopic (exact) mass is 507 g/mol. The molecule has 2 aliphatic rings. The highest BCUT2D eigenvalue weighted by molar-refractivity contribution is 7.81. The number of Topliss-reactive ketones (excluding diaryl/α,β-unsaturated/α-hetero) is 1. The predicted octanol–water partition coefficient (Wildman–Crippen LogP) is 4.51. The number of ether oxygens (including phenoxy) is 1. The van der Waals surface area contributed by atoms with Crippen molar-refractivity contribution in [1.82, 2.24) is 14.7 Å². The van der Waals surface area contributed by atoms with Crippen LogP contribution in [0.1, 0.15) is 49.9 Å². The van der Waals surface area contributed by atoms with Crippen molar-refractivity contribution in [3.63, 3.8) is 0 Å². The number of ketones is 1. The third kappa shape index (κ3) is 6.49. The predicted molar refractivity (Wildman–Crippen MR) is 135 cm³/mol. The number of carbonyl (C=O) groups is 2. The minimum absolute atomic E-state index is 0. The smallest absolute Gasteiger partial charge is 0.307 e. The summed E-state index contributed by atoms with van der Waals surface area (Å²) in [5.74, 6) is -0.438. The topological polar surface area (TPSA) is 64.4 Å². The van der Waals surface area contributed by atoms with Crippen molar-refractivity contribution in [3.8, 4) is 0 Å². The van der Waals surface area contributed by atoms with Crippen molar-refractivity contribution in [1.29, 1.82) is 0 Å². The van der Waals surface area contributed by atoms with Crippen LogP contribution < -0.4 is 0 Å². The second kappa shape index (κ2) is 12.0. The lowest BCUT2D eigenvalue weighted by Crippen LogP contribution is -2.42. The number of likely N-dealkylation sites (tertiary alicyclic amines) is 1. The first-order chi connectivity index (χ1) is 16.0. The van der Waals surface area contributed by atoms with Crippen LogP contribution in [-0.2, 0) is 20.9 Å². The molecule has 2 aromatic rings. The maximum atomic E-state index is 14.7. The molecule has 1 aliphatic heterocycles. The quantitative estimate of drug-likeness (QED) is 0.400. The van der Waals surface area contributed by atoms with Crippen LogP contribution in [0.2, 0.25) is 0 Å². The van der Waals surface area contributed by atoms with Gasteiger partial charge in [0.1, 0.15) is 5.82 Å². The van der Waals surface area contributed by atoms with Gasteiger partial charge in [0, 0.05) is 36.0 Å². The van der Waals surface area contributed by atoms with Crippen LogP contribution in [0.3, 0.4) is 0 Å². The van der Waals surface area contributed by atoms with Crippen LogP contribution in [0, 0.1) is 11.7 Å². The highest BCUT2D eigenvalue weighted by Gasteiger charge is 2.40. The SMILES string of the molecule is CCOC(=O)CCn1ccc(C=C2CN(C(C(=O)C3CC3)c3ccccc3F)CCC2S)n1.Cl. The molecule has 2 unspecified atom stereocenters. The van der Waals surface area contributed by atoms with Crippen molar-refractivity contribution in [2.75, 3.05) is 19.7 Å². The number of nitrogens with zero attached hydrogens (tertiary/aromatic N) is 3. The molecular formula is C25H31ClFN3O3S. The zero-order chi connectivity index (χ0) is 23.4. The average molecular weight is 508 g/mol. The molecule has 2 fully saturated rings. The Bertz CT molecular complexity index is 1040. The molecule has 1 saturated carbocycles. The van der Waals surface area contributed by atoms with Crippen LogP contribution in [0.5, 0.6) is 0 Å². The molecule has 6 nitrogen and oxygen atoms in total. The summed E-state index contributed by atoms with van der Waals surface area (Å²) in [7, 11) is 0. The second-order valence-electron chi connectivity index (χ2n) is 8.65. The van der Waals surface area contributed by atoms with Gasteiger partial charge in [0.25, 0.3) is 0 Å². The molecule has 4 rings (SSSR count). The normalized spacial score (nSPS) is 20.6. The Morgan fingerprint density at radius 3 is 2.74 bits per heavy atom. The first-order valence-electron chi connectivity index (χ1n) is 11.6. The van der Waals surface area contributed by atoms with E-state index < -0.39 is 6.04 Å². The van der Waals surface area contributed by atoms with Crippen molar-refractivity contribution in [3.05, 3.63) is 59.2 Å². The first kappa shape index (κ1) is 26.4. The molecule has 1 saturated heterocycles. The third-order valence-electron chi connectivity index (χ3n) is 6.16. The van der Waals surface area contributed by atoms with Gasteiger partial charge >= 0.3 is 5.97 Å². The summed E-state index contributed by atoms with van der Waals surface area (Å²) in [5, 5.41) is 4.58. The molecular weight excluding hydrogens is 477 g/mol. The molecule has 184 valence electrons. The van der Waals surface area contributed by atoms with Crippen LogP contribution in [0.15, 0.2) is 42.1 Å². The molecule has 0 radical (unpaired) electrons. The van der Waals surface area contributed by atoms with E-state index in [0.717, 1.165) is 30.5 Å². The van der Waals surface area contributed by atoms with Crippen molar-refractivity contribution in [2.45, 2.75) is 50.4 Å². The van der Waals surface area contributed by atoms with E-state index in [1.165, 1.54) is 6.07 Å². The van der Waals surface area contributed by atoms with Crippen molar-refractivity contribution < 1.29 is 18.7 Å². The summed E-state index contributed by atoms with van der Waals surface area (Å²) in [4.78, 5) is 26.8. The molecule has 0 amide bonds. The Morgan fingerprint density at radius 2 is 2.03 bits per heavy atom. The van der Waals surface area contributed by atoms with E-state index in [-0.39, 0.29) is 47.6 Å². The summed E-state index contributed by atoms with van der Waals surface area (Å²) in [6.45, 7) is 3.81. The van der Waals surface area contributed by atoms with E-state index in [2.05, 4.69) is 10.00 Å². The van der Waals surface area contributed by atoms with E-state index in [9.17, 15) is 14.0 Å². The molecule has 9 heteroatoms. The van der Waals surface area contributed by atoms with E-state index in [1.807, 2.05) is 18.3 Å². The van der Waals surface area contributed by atoms with Gasteiger partial charge in [-0.2, -0.15) is 17.7 Å². The lowest BCUT2D eigenvalue weighted by Gasteiger charge is -2.37. The summed E-state index contributed by atoms with van der Waals surface area (Å²) < 4.78 is 21.4. The minimum Gasteiger partial charge on any atom is -0.466 e. The molecule has 2 heterocycles. The van der Waals surface area contributed by atoms with Gasteiger partial charge < -0.3 is 4.74 Å². The van der Waals surface area contributed by atoms with E-state index in [4.69, 9.17) is 17.4 Å². The maximum Gasteiger partial charge on any atom is 0.307 e.